The van der Waals surface area contributed by atoms with Gasteiger partial charge < -0.3 is 15.4 Å². The van der Waals surface area contributed by atoms with Crippen LogP contribution in [0.15, 0.2) is 18.2 Å². The largest absolute Gasteiger partial charge is 0.380 e. The Bertz CT molecular complexity index is 535. The van der Waals surface area contributed by atoms with Crippen molar-refractivity contribution in [2.24, 2.45) is 5.73 Å². The van der Waals surface area contributed by atoms with Gasteiger partial charge in [0.15, 0.2) is 0 Å². The molecule has 1 aromatic carbocycles. The van der Waals surface area contributed by atoms with E-state index in [1.165, 1.54) is 0 Å². The van der Waals surface area contributed by atoms with Gasteiger partial charge >= 0.3 is 0 Å². The van der Waals surface area contributed by atoms with Gasteiger partial charge in [0.2, 0.25) is 0 Å². The summed E-state index contributed by atoms with van der Waals surface area (Å²) in [6.07, 6.45) is 0.876. The van der Waals surface area contributed by atoms with Crippen LogP contribution in [-0.2, 0) is 4.74 Å². The number of hydrogen-bond acceptors (Lipinski definition) is 3. The predicted octanol–water partition coefficient (Wildman–Crippen LogP) is 1.17. The fraction of sp³-hybridized carbons (Fsp3) is 0.438. The van der Waals surface area contributed by atoms with E-state index in [1.54, 1.807) is 0 Å². The first-order chi connectivity index (χ1) is 9.72. The summed E-state index contributed by atoms with van der Waals surface area (Å²) < 4.78 is 5.39. The van der Waals surface area contributed by atoms with E-state index in [9.17, 15) is 4.79 Å². The molecule has 0 aliphatic carbocycles. The van der Waals surface area contributed by atoms with Crippen LogP contribution in [0.5, 0.6) is 0 Å². The Morgan fingerprint density at radius 1 is 1.40 bits per heavy atom. The van der Waals surface area contributed by atoms with Crippen molar-refractivity contribution < 1.29 is 9.53 Å². The predicted molar refractivity (Wildman–Crippen MR) is 78.5 cm³/mol. The molecule has 1 heterocycles. The zero-order chi connectivity index (χ0) is 14.4. The standard InChI is InChI=1S/C16H20N2O2/c1-13-5-6-15(14(12-13)4-2-7-17)16(19)18-8-3-10-20-11-9-18/h5-6,12H,3,7-11,17H2,1H3. The maximum atomic E-state index is 12.6. The highest BCUT2D eigenvalue weighted by Crippen LogP contribution is 2.14. The highest BCUT2D eigenvalue weighted by molar-refractivity contribution is 5.96. The van der Waals surface area contributed by atoms with Crippen molar-refractivity contribution in [3.05, 3.63) is 34.9 Å². The van der Waals surface area contributed by atoms with E-state index in [0.29, 0.717) is 25.3 Å². The second kappa shape index (κ2) is 7.09. The Balaban J connectivity index is 2.28. The maximum absolute atomic E-state index is 12.6. The molecule has 0 spiro atoms. The first-order valence-corrected chi connectivity index (χ1v) is 6.89. The molecule has 1 aromatic rings. The monoisotopic (exact) mass is 272 g/mol. The van der Waals surface area contributed by atoms with Crippen LogP contribution in [-0.4, -0.2) is 43.7 Å². The van der Waals surface area contributed by atoms with Gasteiger partial charge in [-0.15, -0.1) is 0 Å². The third-order valence-corrected chi connectivity index (χ3v) is 3.24. The van der Waals surface area contributed by atoms with Crippen LogP contribution in [0.3, 0.4) is 0 Å². The molecule has 20 heavy (non-hydrogen) atoms. The summed E-state index contributed by atoms with van der Waals surface area (Å²) in [7, 11) is 0. The molecular weight excluding hydrogens is 252 g/mol. The molecule has 2 rings (SSSR count). The van der Waals surface area contributed by atoms with Gasteiger partial charge in [0, 0.05) is 25.3 Å². The van der Waals surface area contributed by atoms with E-state index in [0.717, 1.165) is 30.7 Å². The number of amides is 1. The number of carbonyl (C=O) groups is 1. The van der Waals surface area contributed by atoms with Gasteiger partial charge in [-0.2, -0.15) is 0 Å². The minimum absolute atomic E-state index is 0.0248. The summed E-state index contributed by atoms with van der Waals surface area (Å²) in [5, 5.41) is 0. The topological polar surface area (TPSA) is 55.6 Å². The minimum atomic E-state index is 0.0248. The number of ether oxygens (including phenoxy) is 1. The molecule has 0 saturated carbocycles. The van der Waals surface area contributed by atoms with Crippen molar-refractivity contribution >= 4 is 5.91 Å². The number of benzene rings is 1. The molecule has 4 nitrogen and oxygen atoms in total. The first-order valence-electron chi connectivity index (χ1n) is 6.89. The molecule has 1 amide bonds. The highest BCUT2D eigenvalue weighted by Gasteiger charge is 2.19. The van der Waals surface area contributed by atoms with Crippen LogP contribution in [0.2, 0.25) is 0 Å². The van der Waals surface area contributed by atoms with Crippen molar-refractivity contribution in [2.45, 2.75) is 13.3 Å². The van der Waals surface area contributed by atoms with Crippen LogP contribution in [0.4, 0.5) is 0 Å². The summed E-state index contributed by atoms with van der Waals surface area (Å²) in [6.45, 7) is 4.96. The third-order valence-electron chi connectivity index (χ3n) is 3.24. The van der Waals surface area contributed by atoms with E-state index < -0.39 is 0 Å². The van der Waals surface area contributed by atoms with Crippen molar-refractivity contribution in [1.29, 1.82) is 0 Å². The smallest absolute Gasteiger partial charge is 0.255 e. The van der Waals surface area contributed by atoms with E-state index in [4.69, 9.17) is 10.5 Å². The highest BCUT2D eigenvalue weighted by atomic mass is 16.5. The van der Waals surface area contributed by atoms with Crippen molar-refractivity contribution in [1.82, 2.24) is 4.90 Å². The zero-order valence-electron chi connectivity index (χ0n) is 11.8. The van der Waals surface area contributed by atoms with E-state index in [1.807, 2.05) is 30.0 Å². The van der Waals surface area contributed by atoms with Crippen LogP contribution in [0.1, 0.15) is 27.9 Å². The molecule has 1 fully saturated rings. The average Bonchev–Trinajstić information content (AvgIpc) is 2.73. The summed E-state index contributed by atoms with van der Waals surface area (Å²) in [5.74, 6) is 5.85. The second-order valence-electron chi connectivity index (χ2n) is 4.81. The molecule has 0 atom stereocenters. The first kappa shape index (κ1) is 14.6. The second-order valence-corrected chi connectivity index (χ2v) is 4.81. The Morgan fingerprint density at radius 3 is 3.05 bits per heavy atom. The fourth-order valence-electron chi connectivity index (χ4n) is 2.21. The minimum Gasteiger partial charge on any atom is -0.380 e. The lowest BCUT2D eigenvalue weighted by atomic mass is 10.0. The Morgan fingerprint density at radius 2 is 2.25 bits per heavy atom. The molecule has 2 N–H and O–H groups in total. The molecule has 1 aliphatic rings. The molecule has 1 aliphatic heterocycles. The molecule has 0 aromatic heterocycles. The van der Waals surface area contributed by atoms with Crippen LogP contribution in [0, 0.1) is 18.8 Å². The number of nitrogens with zero attached hydrogens (tertiary/aromatic N) is 1. The molecular formula is C16H20N2O2. The molecule has 0 radical (unpaired) electrons. The molecule has 0 bridgehead atoms. The van der Waals surface area contributed by atoms with Crippen molar-refractivity contribution in [3.63, 3.8) is 0 Å². The fourth-order valence-corrected chi connectivity index (χ4v) is 2.21. The Labute approximate surface area is 119 Å². The van der Waals surface area contributed by atoms with Crippen molar-refractivity contribution in [2.75, 3.05) is 32.8 Å². The summed E-state index contributed by atoms with van der Waals surface area (Å²) in [5.41, 5.74) is 7.91. The van der Waals surface area contributed by atoms with E-state index >= 15 is 0 Å². The van der Waals surface area contributed by atoms with Gasteiger partial charge in [-0.05, 0) is 31.0 Å². The SMILES string of the molecule is Cc1ccc(C(=O)N2CCCOCC2)c(C#CCN)c1. The summed E-state index contributed by atoms with van der Waals surface area (Å²) in [4.78, 5) is 14.5. The normalized spacial score (nSPS) is 15.2. The van der Waals surface area contributed by atoms with Crippen molar-refractivity contribution in [3.8, 4) is 11.8 Å². The lowest BCUT2D eigenvalue weighted by Crippen LogP contribution is -2.33. The van der Waals surface area contributed by atoms with E-state index in [2.05, 4.69) is 11.8 Å². The average molecular weight is 272 g/mol. The van der Waals surface area contributed by atoms with Gasteiger partial charge in [-0.3, -0.25) is 4.79 Å². The quantitative estimate of drug-likeness (QED) is 0.781. The summed E-state index contributed by atoms with van der Waals surface area (Å²) in [6, 6.07) is 5.73. The number of aryl methyl sites for hydroxylation is 1. The number of rotatable bonds is 1. The third kappa shape index (κ3) is 3.60. The number of hydrogen-bond donors (Lipinski definition) is 1. The summed E-state index contributed by atoms with van der Waals surface area (Å²) >= 11 is 0. The molecule has 106 valence electrons. The maximum Gasteiger partial charge on any atom is 0.255 e. The molecule has 4 heteroatoms. The van der Waals surface area contributed by atoms with Gasteiger partial charge in [0.05, 0.1) is 18.7 Å². The van der Waals surface area contributed by atoms with Gasteiger partial charge in [0.1, 0.15) is 0 Å². The van der Waals surface area contributed by atoms with E-state index in [-0.39, 0.29) is 5.91 Å². The lowest BCUT2D eigenvalue weighted by Gasteiger charge is -2.20. The molecule has 0 unspecified atom stereocenters. The van der Waals surface area contributed by atoms with Crippen LogP contribution in [0.25, 0.3) is 0 Å². The number of carbonyl (C=O) groups excluding carboxylic acids is 1. The van der Waals surface area contributed by atoms with Crippen LogP contribution >= 0.6 is 0 Å². The van der Waals surface area contributed by atoms with Gasteiger partial charge in [-0.25, -0.2) is 0 Å². The van der Waals surface area contributed by atoms with Gasteiger partial charge in [-0.1, -0.05) is 17.9 Å². The molecule has 1 saturated heterocycles. The Hall–Kier alpha value is -1.83. The van der Waals surface area contributed by atoms with Gasteiger partial charge in [0.25, 0.3) is 5.91 Å². The lowest BCUT2D eigenvalue weighted by molar-refractivity contribution is 0.0741. The Kier molecular flexibility index (Phi) is 5.16. The van der Waals surface area contributed by atoms with Crippen LogP contribution < -0.4 is 5.73 Å². The zero-order valence-corrected chi connectivity index (χ0v) is 11.8. The number of nitrogens with two attached hydrogens (primary N) is 1.